The standard InChI is InChI=1S/C21H18FN3O2S/c1-15(2)21-13-17(24-25(21)18-10-8-16(22)9-11-18)12-20(14-23)28(26,27)19-6-4-3-5-7-19/h3-13,15H,1-2H3/b20-12+. The van der Waals surface area contributed by atoms with Crippen LogP contribution in [-0.4, -0.2) is 18.2 Å². The average Bonchev–Trinajstić information content (AvgIpc) is 3.11. The lowest BCUT2D eigenvalue weighted by Crippen LogP contribution is -2.04. The third kappa shape index (κ3) is 3.87. The van der Waals surface area contributed by atoms with E-state index >= 15 is 0 Å². The number of halogens is 1. The van der Waals surface area contributed by atoms with E-state index in [0.717, 1.165) is 5.69 Å². The second-order valence-electron chi connectivity index (χ2n) is 6.47. The highest BCUT2D eigenvalue weighted by Gasteiger charge is 2.21. The summed E-state index contributed by atoms with van der Waals surface area (Å²) in [4.78, 5) is -0.345. The van der Waals surface area contributed by atoms with Crippen molar-refractivity contribution in [3.05, 3.63) is 82.8 Å². The Balaban J connectivity index is 2.09. The van der Waals surface area contributed by atoms with Gasteiger partial charge in [0.2, 0.25) is 9.84 Å². The van der Waals surface area contributed by atoms with E-state index in [1.54, 1.807) is 47.1 Å². The van der Waals surface area contributed by atoms with Crippen molar-refractivity contribution in [2.45, 2.75) is 24.7 Å². The summed E-state index contributed by atoms with van der Waals surface area (Å²) in [5.41, 5.74) is 1.80. The monoisotopic (exact) mass is 395 g/mol. The molecular formula is C21H18FN3O2S. The molecule has 0 unspecified atom stereocenters. The van der Waals surface area contributed by atoms with E-state index in [0.29, 0.717) is 11.4 Å². The van der Waals surface area contributed by atoms with E-state index in [1.165, 1.54) is 30.3 Å². The Morgan fingerprint density at radius 2 is 1.79 bits per heavy atom. The van der Waals surface area contributed by atoms with Crippen LogP contribution < -0.4 is 0 Å². The quantitative estimate of drug-likeness (QED) is 0.597. The van der Waals surface area contributed by atoms with Crippen LogP contribution in [0.25, 0.3) is 11.8 Å². The van der Waals surface area contributed by atoms with Gasteiger partial charge in [0.1, 0.15) is 11.9 Å². The Labute approximate surface area is 163 Å². The summed E-state index contributed by atoms with van der Waals surface area (Å²) < 4.78 is 40.3. The topological polar surface area (TPSA) is 75.8 Å². The van der Waals surface area contributed by atoms with Crippen LogP contribution in [0.2, 0.25) is 0 Å². The minimum Gasteiger partial charge on any atom is -0.237 e. The lowest BCUT2D eigenvalue weighted by atomic mass is 10.1. The molecule has 0 bridgehead atoms. The number of aromatic nitrogens is 2. The molecule has 0 fully saturated rings. The highest BCUT2D eigenvalue weighted by atomic mass is 32.2. The Hall–Kier alpha value is -3.24. The molecule has 0 saturated heterocycles. The van der Waals surface area contributed by atoms with Gasteiger partial charge in [-0.25, -0.2) is 17.5 Å². The molecule has 0 N–H and O–H groups in total. The van der Waals surface area contributed by atoms with Gasteiger partial charge in [0.15, 0.2) is 4.91 Å². The Bertz CT molecular complexity index is 1160. The fraction of sp³-hybridized carbons (Fsp3) is 0.143. The van der Waals surface area contributed by atoms with Gasteiger partial charge in [0.25, 0.3) is 0 Å². The lowest BCUT2D eigenvalue weighted by Gasteiger charge is -2.09. The summed E-state index contributed by atoms with van der Waals surface area (Å²) in [5.74, 6) is -0.279. The fourth-order valence-corrected chi connectivity index (χ4v) is 3.88. The molecule has 1 aromatic heterocycles. The van der Waals surface area contributed by atoms with Gasteiger partial charge in [-0.15, -0.1) is 0 Å². The summed E-state index contributed by atoms with van der Waals surface area (Å²) in [7, 11) is -3.94. The molecule has 0 saturated carbocycles. The number of nitrogens with zero attached hydrogens (tertiary/aromatic N) is 3. The SMILES string of the molecule is CC(C)c1cc(/C=C(\C#N)S(=O)(=O)c2ccccc2)nn1-c1ccc(F)cc1. The Morgan fingerprint density at radius 1 is 1.14 bits per heavy atom. The van der Waals surface area contributed by atoms with Gasteiger partial charge in [-0.05, 0) is 54.5 Å². The number of hydrogen-bond acceptors (Lipinski definition) is 4. The molecule has 0 aliphatic carbocycles. The summed E-state index contributed by atoms with van der Waals surface area (Å²) in [5, 5.41) is 13.9. The largest absolute Gasteiger partial charge is 0.237 e. The highest BCUT2D eigenvalue weighted by molar-refractivity contribution is 7.95. The molecule has 1 heterocycles. The molecular weight excluding hydrogens is 377 g/mol. The molecule has 3 aromatic rings. The number of sulfone groups is 1. The molecule has 0 atom stereocenters. The van der Waals surface area contributed by atoms with Gasteiger partial charge in [-0.2, -0.15) is 10.4 Å². The summed E-state index contributed by atoms with van der Waals surface area (Å²) in [6.45, 7) is 3.94. The van der Waals surface area contributed by atoms with Crippen LogP contribution >= 0.6 is 0 Å². The number of allylic oxidation sites excluding steroid dienone is 1. The molecule has 0 spiro atoms. The summed E-state index contributed by atoms with van der Waals surface area (Å²) in [6.07, 6.45) is 1.26. The number of rotatable bonds is 5. The van der Waals surface area contributed by atoms with Gasteiger partial charge >= 0.3 is 0 Å². The maximum atomic E-state index is 13.2. The van der Waals surface area contributed by atoms with Crippen LogP contribution in [0.3, 0.4) is 0 Å². The minimum atomic E-state index is -3.94. The third-order valence-corrected chi connectivity index (χ3v) is 5.83. The second kappa shape index (κ2) is 7.79. The van der Waals surface area contributed by atoms with E-state index < -0.39 is 14.7 Å². The molecule has 2 aromatic carbocycles. The van der Waals surface area contributed by atoms with E-state index in [4.69, 9.17) is 0 Å². The number of benzene rings is 2. The zero-order valence-corrected chi connectivity index (χ0v) is 16.2. The molecule has 0 aliphatic rings. The van der Waals surface area contributed by atoms with E-state index in [9.17, 15) is 18.1 Å². The summed E-state index contributed by atoms with van der Waals surface area (Å²) in [6, 6.07) is 17.1. The van der Waals surface area contributed by atoms with Crippen molar-refractivity contribution in [1.82, 2.24) is 9.78 Å². The van der Waals surface area contributed by atoms with Crippen molar-refractivity contribution in [3.8, 4) is 11.8 Å². The van der Waals surface area contributed by atoms with Crippen molar-refractivity contribution in [3.63, 3.8) is 0 Å². The molecule has 28 heavy (non-hydrogen) atoms. The molecule has 7 heteroatoms. The molecule has 3 rings (SSSR count). The van der Waals surface area contributed by atoms with Crippen LogP contribution in [0, 0.1) is 17.1 Å². The van der Waals surface area contributed by atoms with E-state index in [1.807, 2.05) is 13.8 Å². The van der Waals surface area contributed by atoms with Gasteiger partial charge < -0.3 is 0 Å². The van der Waals surface area contributed by atoms with Crippen molar-refractivity contribution in [2.75, 3.05) is 0 Å². The van der Waals surface area contributed by atoms with Crippen molar-refractivity contribution >= 4 is 15.9 Å². The van der Waals surface area contributed by atoms with E-state index in [2.05, 4.69) is 5.10 Å². The van der Waals surface area contributed by atoms with Crippen molar-refractivity contribution in [2.24, 2.45) is 0 Å². The van der Waals surface area contributed by atoms with Gasteiger partial charge in [-0.3, -0.25) is 0 Å². The molecule has 0 radical (unpaired) electrons. The van der Waals surface area contributed by atoms with Gasteiger partial charge in [0, 0.05) is 5.69 Å². The normalized spacial score (nSPS) is 12.2. The fourth-order valence-electron chi connectivity index (χ4n) is 2.72. The van der Waals surface area contributed by atoms with Crippen LogP contribution in [0.1, 0.15) is 31.2 Å². The van der Waals surface area contributed by atoms with Crippen molar-refractivity contribution < 1.29 is 12.8 Å². The minimum absolute atomic E-state index is 0.0462. The van der Waals surface area contributed by atoms with Crippen molar-refractivity contribution in [1.29, 1.82) is 5.26 Å². The zero-order valence-electron chi connectivity index (χ0n) is 15.4. The third-order valence-electron chi connectivity index (χ3n) is 4.15. The zero-order chi connectivity index (χ0) is 20.3. The molecule has 5 nitrogen and oxygen atoms in total. The van der Waals surface area contributed by atoms with Crippen LogP contribution in [-0.2, 0) is 9.84 Å². The predicted octanol–water partition coefficient (Wildman–Crippen LogP) is 4.47. The number of nitriles is 1. The van der Waals surface area contributed by atoms with Crippen LogP contribution in [0.5, 0.6) is 0 Å². The first-order valence-corrected chi connectivity index (χ1v) is 10.1. The first-order chi connectivity index (χ1) is 13.3. The van der Waals surface area contributed by atoms with E-state index in [-0.39, 0.29) is 16.6 Å². The maximum absolute atomic E-state index is 13.2. The molecule has 0 amide bonds. The Kier molecular flexibility index (Phi) is 5.43. The first-order valence-electron chi connectivity index (χ1n) is 8.61. The summed E-state index contributed by atoms with van der Waals surface area (Å²) >= 11 is 0. The molecule has 0 aliphatic heterocycles. The second-order valence-corrected chi connectivity index (χ2v) is 8.39. The van der Waals surface area contributed by atoms with Crippen LogP contribution in [0.4, 0.5) is 4.39 Å². The molecule has 142 valence electrons. The smallest absolute Gasteiger partial charge is 0.216 e. The van der Waals surface area contributed by atoms with Gasteiger partial charge in [-0.1, -0.05) is 32.0 Å². The lowest BCUT2D eigenvalue weighted by molar-refractivity contribution is 0.603. The maximum Gasteiger partial charge on any atom is 0.216 e. The predicted molar refractivity (Wildman–Crippen MR) is 105 cm³/mol. The first kappa shape index (κ1) is 19.5. The highest BCUT2D eigenvalue weighted by Crippen LogP contribution is 2.24. The average molecular weight is 395 g/mol. The van der Waals surface area contributed by atoms with Crippen LogP contribution in [0.15, 0.2) is 70.5 Å². The Morgan fingerprint density at radius 3 is 2.36 bits per heavy atom. The van der Waals surface area contributed by atoms with Gasteiger partial charge in [0.05, 0.1) is 16.3 Å². The number of hydrogen-bond donors (Lipinski definition) is 0.